The molecule has 7 nitrogen and oxygen atoms in total. The Hall–Kier alpha value is -2.05. The summed E-state index contributed by atoms with van der Waals surface area (Å²) < 4.78 is 13.7. The van der Waals surface area contributed by atoms with Crippen LogP contribution in [0.25, 0.3) is 0 Å². The average molecular weight is 246 g/mol. The van der Waals surface area contributed by atoms with Crippen LogP contribution >= 0.6 is 0 Å². The molecule has 0 fully saturated rings. The zero-order valence-electron chi connectivity index (χ0n) is 9.38. The van der Waals surface area contributed by atoms with Gasteiger partial charge in [0.2, 0.25) is 0 Å². The van der Waals surface area contributed by atoms with Crippen LogP contribution < -0.4 is 0 Å². The van der Waals surface area contributed by atoms with Crippen LogP contribution in [0.1, 0.15) is 13.3 Å². The second-order valence-corrected chi connectivity index (χ2v) is 2.79. The molecule has 7 heteroatoms. The van der Waals surface area contributed by atoms with E-state index in [0.29, 0.717) is 12.5 Å². The monoisotopic (exact) mass is 246 g/mol. The minimum absolute atomic E-state index is 0.144. The zero-order valence-corrected chi connectivity index (χ0v) is 9.38. The third kappa shape index (κ3) is 10.2. The van der Waals surface area contributed by atoms with Crippen LogP contribution in [0.5, 0.6) is 0 Å². The highest BCUT2D eigenvalue weighted by Gasteiger charge is 2.03. The maximum atomic E-state index is 10.8. The fourth-order valence-corrected chi connectivity index (χ4v) is 0.682. The van der Waals surface area contributed by atoms with Crippen molar-refractivity contribution in [3.8, 4) is 0 Å². The number of hydrogen-bond acceptors (Lipinski definition) is 6. The van der Waals surface area contributed by atoms with Gasteiger partial charge in [-0.1, -0.05) is 6.92 Å². The summed E-state index contributed by atoms with van der Waals surface area (Å²) in [4.78, 5) is 31.6. The van der Waals surface area contributed by atoms with Crippen molar-refractivity contribution in [3.05, 3.63) is 12.2 Å². The van der Waals surface area contributed by atoms with Crippen molar-refractivity contribution in [1.29, 1.82) is 0 Å². The molecule has 0 unspecified atom stereocenters. The smallest absolute Gasteiger partial charge is 0.478 e. The molecule has 0 aliphatic carbocycles. The molecule has 96 valence electrons. The minimum Gasteiger partial charge on any atom is -0.478 e. The maximum absolute atomic E-state index is 10.8. The molecule has 0 radical (unpaired) electrons. The molecular formula is C10H14O7. The highest BCUT2D eigenvalue weighted by atomic mass is 16.7. The summed E-state index contributed by atoms with van der Waals surface area (Å²) in [5.41, 5.74) is 0. The molecule has 0 saturated heterocycles. The first-order chi connectivity index (χ1) is 8.06. The van der Waals surface area contributed by atoms with E-state index in [1.54, 1.807) is 0 Å². The number of aliphatic carboxylic acids is 1. The Morgan fingerprint density at radius 3 is 2.18 bits per heavy atom. The number of carbonyl (C=O) groups excluding carboxylic acids is 2. The molecule has 0 aliphatic rings. The standard InChI is InChI=1S/C10H14O7/c1-2-5-16-10(14)17-7-6-15-9(13)4-3-8(11)12/h3-4H,2,5-7H2,1H3,(H,11,12)/b4-3+. The lowest BCUT2D eigenvalue weighted by molar-refractivity contribution is -0.139. The Bertz CT molecular complexity index is 295. The van der Waals surface area contributed by atoms with E-state index in [-0.39, 0.29) is 19.8 Å². The number of carbonyl (C=O) groups is 3. The highest BCUT2D eigenvalue weighted by molar-refractivity contribution is 5.90. The van der Waals surface area contributed by atoms with Gasteiger partial charge in [0.25, 0.3) is 0 Å². The highest BCUT2D eigenvalue weighted by Crippen LogP contribution is 1.89. The molecule has 0 rings (SSSR count). The van der Waals surface area contributed by atoms with Gasteiger partial charge in [-0.15, -0.1) is 0 Å². The van der Waals surface area contributed by atoms with Crippen LogP contribution in [0, 0.1) is 0 Å². The lowest BCUT2D eigenvalue weighted by atomic mass is 10.5. The normalized spacial score (nSPS) is 9.94. The van der Waals surface area contributed by atoms with E-state index in [9.17, 15) is 14.4 Å². The number of esters is 1. The van der Waals surface area contributed by atoms with Crippen molar-refractivity contribution in [2.45, 2.75) is 13.3 Å². The number of carboxylic acids is 1. The van der Waals surface area contributed by atoms with Crippen LogP contribution in [0.3, 0.4) is 0 Å². The van der Waals surface area contributed by atoms with Crippen molar-refractivity contribution in [2.75, 3.05) is 19.8 Å². The van der Waals surface area contributed by atoms with Crippen molar-refractivity contribution >= 4 is 18.1 Å². The Balaban J connectivity index is 3.54. The molecule has 0 aromatic rings. The van der Waals surface area contributed by atoms with E-state index >= 15 is 0 Å². The number of hydrogen-bond donors (Lipinski definition) is 1. The Labute approximate surface area is 98.0 Å². The van der Waals surface area contributed by atoms with Gasteiger partial charge < -0.3 is 19.3 Å². The summed E-state index contributed by atoms with van der Waals surface area (Å²) in [7, 11) is 0. The lowest BCUT2D eigenvalue weighted by Gasteiger charge is -2.05. The van der Waals surface area contributed by atoms with E-state index in [1.807, 2.05) is 6.92 Å². The molecule has 0 aliphatic heterocycles. The summed E-state index contributed by atoms with van der Waals surface area (Å²) in [5, 5.41) is 8.21. The van der Waals surface area contributed by atoms with Gasteiger partial charge in [0.1, 0.15) is 13.2 Å². The molecular weight excluding hydrogens is 232 g/mol. The van der Waals surface area contributed by atoms with Crippen LogP contribution in [-0.2, 0) is 23.8 Å². The van der Waals surface area contributed by atoms with Crippen LogP contribution in [0.4, 0.5) is 4.79 Å². The number of carboxylic acid groups (broad SMARTS) is 1. The fourth-order valence-electron chi connectivity index (χ4n) is 0.682. The van der Waals surface area contributed by atoms with Gasteiger partial charge in [0.15, 0.2) is 0 Å². The summed E-state index contributed by atoms with van der Waals surface area (Å²) >= 11 is 0. The molecule has 0 saturated carbocycles. The summed E-state index contributed by atoms with van der Waals surface area (Å²) in [6.07, 6.45) is 1.27. The first-order valence-electron chi connectivity index (χ1n) is 4.93. The third-order valence-corrected chi connectivity index (χ3v) is 1.33. The number of ether oxygens (including phenoxy) is 3. The SMILES string of the molecule is CCCOC(=O)OCCOC(=O)/C=C/C(=O)O. The van der Waals surface area contributed by atoms with Gasteiger partial charge in [-0.05, 0) is 6.42 Å². The van der Waals surface area contributed by atoms with Crippen molar-refractivity contribution in [3.63, 3.8) is 0 Å². The van der Waals surface area contributed by atoms with Crippen LogP contribution in [0.2, 0.25) is 0 Å². The van der Waals surface area contributed by atoms with Gasteiger partial charge in [0.05, 0.1) is 6.61 Å². The molecule has 0 heterocycles. The van der Waals surface area contributed by atoms with Gasteiger partial charge >= 0.3 is 18.1 Å². The Morgan fingerprint density at radius 2 is 1.59 bits per heavy atom. The average Bonchev–Trinajstić information content (AvgIpc) is 2.29. The van der Waals surface area contributed by atoms with Gasteiger partial charge in [-0.3, -0.25) is 0 Å². The molecule has 1 N–H and O–H groups in total. The van der Waals surface area contributed by atoms with Crippen LogP contribution in [0.15, 0.2) is 12.2 Å². The summed E-state index contributed by atoms with van der Waals surface area (Å²) in [5.74, 6) is -2.07. The zero-order chi connectivity index (χ0) is 13.1. The number of rotatable bonds is 7. The van der Waals surface area contributed by atoms with E-state index in [4.69, 9.17) is 5.11 Å². The van der Waals surface area contributed by atoms with E-state index in [1.165, 1.54) is 0 Å². The molecule has 0 spiro atoms. The van der Waals surface area contributed by atoms with E-state index < -0.39 is 18.1 Å². The lowest BCUT2D eigenvalue weighted by Crippen LogP contribution is -2.14. The quantitative estimate of drug-likeness (QED) is 0.401. The molecule has 17 heavy (non-hydrogen) atoms. The predicted octanol–water partition coefficient (Wildman–Crippen LogP) is 0.734. The second kappa shape index (κ2) is 9.20. The largest absolute Gasteiger partial charge is 0.508 e. The molecule has 0 aromatic heterocycles. The first-order valence-corrected chi connectivity index (χ1v) is 4.93. The van der Waals surface area contributed by atoms with Crippen molar-refractivity contribution in [2.24, 2.45) is 0 Å². The van der Waals surface area contributed by atoms with Crippen LogP contribution in [-0.4, -0.2) is 43.0 Å². The maximum Gasteiger partial charge on any atom is 0.508 e. The van der Waals surface area contributed by atoms with E-state index in [2.05, 4.69) is 14.2 Å². The van der Waals surface area contributed by atoms with Gasteiger partial charge in [-0.2, -0.15) is 0 Å². The third-order valence-electron chi connectivity index (χ3n) is 1.33. The fraction of sp³-hybridized carbons (Fsp3) is 0.500. The first kappa shape index (κ1) is 14.9. The second-order valence-electron chi connectivity index (χ2n) is 2.79. The Morgan fingerprint density at radius 1 is 1.00 bits per heavy atom. The summed E-state index contributed by atoms with van der Waals surface area (Å²) in [6.45, 7) is 1.79. The van der Waals surface area contributed by atoms with Gasteiger partial charge in [0, 0.05) is 12.2 Å². The van der Waals surface area contributed by atoms with Crippen molar-refractivity contribution in [1.82, 2.24) is 0 Å². The molecule has 0 aromatic carbocycles. The molecule has 0 amide bonds. The predicted molar refractivity (Wildman–Crippen MR) is 55.3 cm³/mol. The van der Waals surface area contributed by atoms with Crippen molar-refractivity contribution < 1.29 is 33.7 Å². The van der Waals surface area contributed by atoms with Gasteiger partial charge in [-0.25, -0.2) is 14.4 Å². The topological polar surface area (TPSA) is 99.1 Å². The Kier molecular flexibility index (Phi) is 8.09. The molecule has 0 atom stereocenters. The summed E-state index contributed by atoms with van der Waals surface area (Å²) in [6, 6.07) is 0. The minimum atomic E-state index is -1.25. The molecule has 0 bridgehead atoms. The van der Waals surface area contributed by atoms with E-state index in [0.717, 1.165) is 6.08 Å².